The zero-order valence-corrected chi connectivity index (χ0v) is 16.3. The van der Waals surface area contributed by atoms with Crippen molar-refractivity contribution < 1.29 is 22.8 Å². The maximum atomic E-state index is 12.3. The van der Waals surface area contributed by atoms with Crippen molar-refractivity contribution in [1.82, 2.24) is 10.2 Å². The average Bonchev–Trinajstić information content (AvgIpc) is 2.93. The lowest BCUT2D eigenvalue weighted by Gasteiger charge is -2.11. The van der Waals surface area contributed by atoms with Gasteiger partial charge in [0.05, 0.1) is 4.90 Å². The fourth-order valence-electron chi connectivity index (χ4n) is 3.06. The molecule has 0 bridgehead atoms. The van der Waals surface area contributed by atoms with Gasteiger partial charge in [0.2, 0.25) is 11.7 Å². The normalized spacial score (nSPS) is 17.1. The van der Waals surface area contributed by atoms with E-state index in [1.165, 1.54) is 11.9 Å². The van der Waals surface area contributed by atoms with E-state index in [0.29, 0.717) is 0 Å². The number of hydrogen-bond acceptors (Lipinski definition) is 5. The summed E-state index contributed by atoms with van der Waals surface area (Å²) in [6.45, 7) is 0.280. The fourth-order valence-corrected chi connectivity index (χ4v) is 3.73. The van der Waals surface area contributed by atoms with Gasteiger partial charge in [-0.15, -0.1) is 0 Å². The molecule has 8 heteroatoms. The van der Waals surface area contributed by atoms with E-state index in [0.717, 1.165) is 22.9 Å². The Morgan fingerprint density at radius 3 is 2.36 bits per heavy atom. The second kappa shape index (κ2) is 7.55. The number of sulfone groups is 1. The van der Waals surface area contributed by atoms with Gasteiger partial charge in [-0.2, -0.15) is 0 Å². The van der Waals surface area contributed by atoms with E-state index in [1.807, 2.05) is 30.3 Å². The largest absolute Gasteiger partial charge is 0.351 e. The number of hydrogen-bond donors (Lipinski definition) is 1. The molecule has 1 saturated heterocycles. The molecule has 1 fully saturated rings. The van der Waals surface area contributed by atoms with Crippen molar-refractivity contribution in [3.63, 3.8) is 0 Å². The monoisotopic (exact) mass is 400 g/mol. The zero-order chi connectivity index (χ0) is 20.5. The quantitative estimate of drug-likeness (QED) is 0.597. The van der Waals surface area contributed by atoms with Crippen molar-refractivity contribution in [3.05, 3.63) is 54.1 Å². The Kier molecular flexibility index (Phi) is 5.33. The summed E-state index contributed by atoms with van der Waals surface area (Å²) >= 11 is 0. The molecule has 2 aromatic carbocycles. The molecule has 1 atom stereocenters. The van der Waals surface area contributed by atoms with E-state index in [1.54, 1.807) is 18.2 Å². The Morgan fingerprint density at radius 2 is 1.75 bits per heavy atom. The van der Waals surface area contributed by atoms with Crippen LogP contribution in [0.25, 0.3) is 11.1 Å². The van der Waals surface area contributed by atoms with Crippen LogP contribution < -0.4 is 5.32 Å². The summed E-state index contributed by atoms with van der Waals surface area (Å²) in [7, 11) is -1.82. The number of likely N-dealkylation sites (N-methyl/N-ethyl adjacent to an activating group) is 1. The number of carbonyl (C=O) groups is 3. The first-order valence-electron chi connectivity index (χ1n) is 8.63. The molecule has 0 saturated carbocycles. The van der Waals surface area contributed by atoms with Crippen LogP contribution in [0, 0.1) is 5.92 Å². The third kappa shape index (κ3) is 4.12. The Morgan fingerprint density at radius 1 is 1.11 bits per heavy atom. The summed E-state index contributed by atoms with van der Waals surface area (Å²) < 4.78 is 23.5. The predicted octanol–water partition coefficient (Wildman–Crippen LogP) is 1.03. The Labute approximate surface area is 163 Å². The van der Waals surface area contributed by atoms with Gasteiger partial charge in [-0.3, -0.25) is 14.4 Å². The molecule has 1 unspecified atom stereocenters. The van der Waals surface area contributed by atoms with E-state index in [4.69, 9.17) is 0 Å². The number of likely N-dealkylation sites (tertiary alicyclic amines) is 1. The lowest BCUT2D eigenvalue weighted by molar-refractivity contribution is -0.142. The van der Waals surface area contributed by atoms with Gasteiger partial charge in [0.15, 0.2) is 9.84 Å². The molecule has 1 N–H and O–H groups in total. The molecule has 0 radical (unpaired) electrons. The number of benzene rings is 2. The summed E-state index contributed by atoms with van der Waals surface area (Å²) in [4.78, 5) is 37.1. The second-order valence-corrected chi connectivity index (χ2v) is 8.84. The minimum atomic E-state index is -3.31. The van der Waals surface area contributed by atoms with E-state index in [2.05, 4.69) is 5.32 Å². The van der Waals surface area contributed by atoms with E-state index >= 15 is 0 Å². The van der Waals surface area contributed by atoms with Gasteiger partial charge in [0.25, 0.3) is 5.91 Å². The van der Waals surface area contributed by atoms with Crippen LogP contribution in [0.3, 0.4) is 0 Å². The van der Waals surface area contributed by atoms with Gasteiger partial charge >= 0.3 is 0 Å². The number of ketones is 1. The van der Waals surface area contributed by atoms with Crippen LogP contribution in [0.2, 0.25) is 0 Å². The molecule has 1 aliphatic heterocycles. The van der Waals surface area contributed by atoms with Crippen molar-refractivity contribution in [1.29, 1.82) is 0 Å². The van der Waals surface area contributed by atoms with Crippen LogP contribution in [-0.4, -0.2) is 50.8 Å². The van der Waals surface area contributed by atoms with E-state index in [-0.39, 0.29) is 18.0 Å². The maximum Gasteiger partial charge on any atom is 0.290 e. The molecule has 2 amide bonds. The maximum absolute atomic E-state index is 12.3. The highest BCUT2D eigenvalue weighted by molar-refractivity contribution is 7.90. The average molecular weight is 400 g/mol. The summed E-state index contributed by atoms with van der Waals surface area (Å²) in [6, 6.07) is 14.0. The fraction of sp³-hybridized carbons (Fsp3) is 0.250. The SMILES string of the molecule is CN1CC(C(=O)NCc2cccc(-c3cccc(S(C)(=O)=O)c3)c2)C(=O)C1=O. The number of nitrogens with zero attached hydrogens (tertiary/aromatic N) is 1. The Bertz CT molecular complexity index is 1060. The summed E-state index contributed by atoms with van der Waals surface area (Å²) in [6.07, 6.45) is 1.16. The summed E-state index contributed by atoms with van der Waals surface area (Å²) in [5, 5.41) is 2.69. The summed E-state index contributed by atoms with van der Waals surface area (Å²) in [5.41, 5.74) is 2.35. The minimum Gasteiger partial charge on any atom is -0.351 e. The highest BCUT2D eigenvalue weighted by Gasteiger charge is 2.41. The van der Waals surface area contributed by atoms with Gasteiger partial charge in [0, 0.05) is 26.4 Å². The van der Waals surface area contributed by atoms with E-state index < -0.39 is 33.4 Å². The molecule has 2 aromatic rings. The number of nitrogens with one attached hydrogen (secondary N) is 1. The molecule has 3 rings (SSSR count). The third-order valence-electron chi connectivity index (χ3n) is 4.64. The number of Topliss-reactive ketones (excluding diaryl/α,β-unsaturated/α-hetero) is 1. The molecule has 1 heterocycles. The lowest BCUT2D eigenvalue weighted by Crippen LogP contribution is -2.35. The highest BCUT2D eigenvalue weighted by atomic mass is 32.2. The second-order valence-electron chi connectivity index (χ2n) is 6.82. The zero-order valence-electron chi connectivity index (χ0n) is 15.5. The molecule has 28 heavy (non-hydrogen) atoms. The lowest BCUT2D eigenvalue weighted by atomic mass is 10.0. The first-order chi connectivity index (χ1) is 13.2. The smallest absolute Gasteiger partial charge is 0.290 e. The van der Waals surface area contributed by atoms with Crippen LogP contribution in [-0.2, 0) is 30.8 Å². The molecule has 1 aliphatic rings. The molecule has 0 spiro atoms. The van der Waals surface area contributed by atoms with Crippen LogP contribution >= 0.6 is 0 Å². The van der Waals surface area contributed by atoms with Gasteiger partial charge in [-0.05, 0) is 34.9 Å². The van der Waals surface area contributed by atoms with Gasteiger partial charge in [-0.1, -0.05) is 30.3 Å². The van der Waals surface area contributed by atoms with Crippen molar-refractivity contribution in [2.24, 2.45) is 5.92 Å². The highest BCUT2D eigenvalue weighted by Crippen LogP contribution is 2.23. The first kappa shape index (κ1) is 19.8. The minimum absolute atomic E-state index is 0.0851. The van der Waals surface area contributed by atoms with Crippen molar-refractivity contribution in [2.75, 3.05) is 19.8 Å². The molecular formula is C20H20N2O5S. The molecule has 0 aliphatic carbocycles. The Hall–Kier alpha value is -3.00. The topological polar surface area (TPSA) is 101 Å². The molecule has 0 aromatic heterocycles. The summed E-state index contributed by atoms with van der Waals surface area (Å²) in [5.74, 6) is -2.79. The Balaban J connectivity index is 1.73. The van der Waals surface area contributed by atoms with E-state index in [9.17, 15) is 22.8 Å². The first-order valence-corrected chi connectivity index (χ1v) is 10.5. The molecule has 146 valence electrons. The molecular weight excluding hydrogens is 380 g/mol. The van der Waals surface area contributed by atoms with Crippen molar-refractivity contribution >= 4 is 27.4 Å². The van der Waals surface area contributed by atoms with Crippen molar-refractivity contribution in [2.45, 2.75) is 11.4 Å². The van der Waals surface area contributed by atoms with Crippen molar-refractivity contribution in [3.8, 4) is 11.1 Å². The van der Waals surface area contributed by atoms with Crippen LogP contribution in [0.4, 0.5) is 0 Å². The van der Waals surface area contributed by atoms with Crippen LogP contribution in [0.5, 0.6) is 0 Å². The standard InChI is InChI=1S/C20H20N2O5S/c1-22-12-17(18(23)20(22)25)19(24)21-11-13-5-3-6-14(9-13)15-7-4-8-16(10-15)28(2,26)27/h3-10,17H,11-12H2,1-2H3,(H,21,24). The van der Waals surface area contributed by atoms with Gasteiger partial charge in [0.1, 0.15) is 5.92 Å². The predicted molar refractivity (Wildman–Crippen MR) is 103 cm³/mol. The molecule has 7 nitrogen and oxygen atoms in total. The third-order valence-corrected chi connectivity index (χ3v) is 5.75. The van der Waals surface area contributed by atoms with Crippen LogP contribution in [0.1, 0.15) is 5.56 Å². The number of rotatable bonds is 5. The number of carbonyl (C=O) groups excluding carboxylic acids is 3. The van der Waals surface area contributed by atoms with Crippen LogP contribution in [0.15, 0.2) is 53.4 Å². The van der Waals surface area contributed by atoms with Gasteiger partial charge < -0.3 is 10.2 Å². The van der Waals surface area contributed by atoms with Gasteiger partial charge in [-0.25, -0.2) is 8.42 Å². The number of amides is 2.